The normalized spacial score (nSPS) is 39.8. The van der Waals surface area contributed by atoms with Crippen molar-refractivity contribution in [2.45, 2.75) is 69.6 Å². The van der Waals surface area contributed by atoms with E-state index in [0.29, 0.717) is 0 Å². The molecule has 2 aliphatic heterocycles. The average molecular weight is 266 g/mol. The van der Waals surface area contributed by atoms with E-state index in [1.165, 1.54) is 58.0 Å². The van der Waals surface area contributed by atoms with Gasteiger partial charge in [0.1, 0.15) is 0 Å². The number of likely N-dealkylation sites (tertiary alicyclic amines) is 1. The summed E-state index contributed by atoms with van der Waals surface area (Å²) in [6, 6.07) is 1.50. The quantitative estimate of drug-likeness (QED) is 0.830. The number of nitrogens with one attached hydrogen (secondary N) is 1. The lowest BCUT2D eigenvalue weighted by atomic mass is 9.85. The average Bonchev–Trinajstić information content (AvgIpc) is 2.86. The van der Waals surface area contributed by atoms with E-state index in [0.717, 1.165) is 24.6 Å². The smallest absolute Gasteiger partial charge is 0.0697 e. The summed E-state index contributed by atoms with van der Waals surface area (Å²) in [6.45, 7) is 5.94. The number of hydrogen-bond donors (Lipinski definition) is 1. The maximum Gasteiger partial charge on any atom is 0.0697 e. The lowest BCUT2D eigenvalue weighted by Crippen LogP contribution is -2.54. The molecule has 3 unspecified atom stereocenters. The van der Waals surface area contributed by atoms with Crippen LogP contribution in [0.25, 0.3) is 0 Å². The number of piperidine rings is 1. The van der Waals surface area contributed by atoms with Crippen molar-refractivity contribution in [2.75, 3.05) is 26.7 Å². The zero-order chi connectivity index (χ0) is 13.3. The first-order chi connectivity index (χ1) is 9.22. The fourth-order valence-corrected chi connectivity index (χ4v) is 4.62. The number of nitrogens with zero attached hydrogens (tertiary/aromatic N) is 1. The molecule has 19 heavy (non-hydrogen) atoms. The van der Waals surface area contributed by atoms with Gasteiger partial charge in [-0.15, -0.1) is 0 Å². The first kappa shape index (κ1) is 13.8. The Morgan fingerprint density at radius 1 is 1.21 bits per heavy atom. The summed E-state index contributed by atoms with van der Waals surface area (Å²) in [5.74, 6) is 0.779. The molecule has 0 aromatic heterocycles. The van der Waals surface area contributed by atoms with Gasteiger partial charge in [-0.2, -0.15) is 0 Å². The topological polar surface area (TPSA) is 24.5 Å². The molecule has 0 amide bonds. The van der Waals surface area contributed by atoms with Gasteiger partial charge in [0.25, 0.3) is 0 Å². The van der Waals surface area contributed by atoms with Crippen molar-refractivity contribution in [3.63, 3.8) is 0 Å². The van der Waals surface area contributed by atoms with Gasteiger partial charge >= 0.3 is 0 Å². The van der Waals surface area contributed by atoms with Gasteiger partial charge in [0.2, 0.25) is 0 Å². The van der Waals surface area contributed by atoms with Crippen molar-refractivity contribution in [2.24, 2.45) is 5.92 Å². The van der Waals surface area contributed by atoms with Crippen molar-refractivity contribution < 1.29 is 4.74 Å². The predicted octanol–water partition coefficient (Wildman–Crippen LogP) is 2.41. The van der Waals surface area contributed by atoms with Crippen LogP contribution in [0.3, 0.4) is 0 Å². The van der Waals surface area contributed by atoms with Crippen LogP contribution < -0.4 is 5.32 Å². The van der Waals surface area contributed by atoms with Gasteiger partial charge in [-0.25, -0.2) is 0 Å². The van der Waals surface area contributed by atoms with E-state index < -0.39 is 0 Å². The highest BCUT2D eigenvalue weighted by molar-refractivity contribution is 4.96. The molecule has 0 bridgehead atoms. The third kappa shape index (κ3) is 2.84. The second-order valence-electron chi connectivity index (χ2n) is 7.04. The molecule has 3 atom stereocenters. The largest absolute Gasteiger partial charge is 0.375 e. The van der Waals surface area contributed by atoms with Crippen LogP contribution >= 0.6 is 0 Å². The van der Waals surface area contributed by atoms with Crippen LogP contribution in [0, 0.1) is 5.92 Å². The fraction of sp³-hybridized carbons (Fsp3) is 1.00. The SMILES string of the molecule is CNC1CCN(C2CCOC3(CCCC3)C2)CC1C. The minimum absolute atomic E-state index is 0.270. The Kier molecular flexibility index (Phi) is 4.16. The lowest BCUT2D eigenvalue weighted by molar-refractivity contribution is -0.106. The van der Waals surface area contributed by atoms with E-state index in [1.807, 2.05) is 0 Å². The van der Waals surface area contributed by atoms with Crippen molar-refractivity contribution in [3.8, 4) is 0 Å². The molecule has 3 fully saturated rings. The highest BCUT2D eigenvalue weighted by Crippen LogP contribution is 2.41. The van der Waals surface area contributed by atoms with Crippen LogP contribution in [-0.4, -0.2) is 49.3 Å². The van der Waals surface area contributed by atoms with Crippen molar-refractivity contribution in [1.29, 1.82) is 0 Å². The van der Waals surface area contributed by atoms with Gasteiger partial charge in [0.15, 0.2) is 0 Å². The molecule has 0 aromatic carbocycles. The molecule has 1 N–H and O–H groups in total. The number of rotatable bonds is 2. The molecule has 3 aliphatic rings. The zero-order valence-electron chi connectivity index (χ0n) is 12.7. The summed E-state index contributed by atoms with van der Waals surface area (Å²) in [7, 11) is 2.11. The van der Waals surface area contributed by atoms with E-state index in [9.17, 15) is 0 Å². The summed E-state index contributed by atoms with van der Waals surface area (Å²) in [6.07, 6.45) is 9.23. The monoisotopic (exact) mass is 266 g/mol. The molecule has 3 nitrogen and oxygen atoms in total. The zero-order valence-corrected chi connectivity index (χ0v) is 12.7. The highest BCUT2D eigenvalue weighted by Gasteiger charge is 2.42. The summed E-state index contributed by atoms with van der Waals surface area (Å²) in [5, 5.41) is 3.47. The molecule has 0 radical (unpaired) electrons. The maximum absolute atomic E-state index is 6.18. The predicted molar refractivity (Wildman–Crippen MR) is 78.4 cm³/mol. The van der Waals surface area contributed by atoms with Gasteiger partial charge in [0.05, 0.1) is 5.60 Å². The van der Waals surface area contributed by atoms with Crippen molar-refractivity contribution >= 4 is 0 Å². The van der Waals surface area contributed by atoms with Crippen LogP contribution in [0.4, 0.5) is 0 Å². The van der Waals surface area contributed by atoms with Crippen LogP contribution in [0.2, 0.25) is 0 Å². The van der Waals surface area contributed by atoms with Crippen LogP contribution in [0.15, 0.2) is 0 Å². The standard InChI is InChI=1S/C16H30N2O/c1-13-12-18(9-5-15(13)17-2)14-6-10-19-16(11-14)7-3-4-8-16/h13-15,17H,3-12H2,1-2H3. The Morgan fingerprint density at radius 3 is 2.68 bits per heavy atom. The summed E-state index contributed by atoms with van der Waals surface area (Å²) in [5.41, 5.74) is 0.270. The number of hydrogen-bond acceptors (Lipinski definition) is 3. The molecule has 110 valence electrons. The first-order valence-electron chi connectivity index (χ1n) is 8.28. The summed E-state index contributed by atoms with van der Waals surface area (Å²) >= 11 is 0. The Balaban J connectivity index is 1.60. The van der Waals surface area contributed by atoms with Crippen LogP contribution in [0.1, 0.15) is 51.9 Å². The Hall–Kier alpha value is -0.120. The van der Waals surface area contributed by atoms with Crippen LogP contribution in [-0.2, 0) is 4.74 Å². The first-order valence-corrected chi connectivity index (χ1v) is 8.28. The van der Waals surface area contributed by atoms with E-state index in [-0.39, 0.29) is 5.60 Å². The molecule has 3 heteroatoms. The summed E-state index contributed by atoms with van der Waals surface area (Å²) < 4.78 is 6.18. The maximum atomic E-state index is 6.18. The molecule has 1 spiro atoms. The highest BCUT2D eigenvalue weighted by atomic mass is 16.5. The second kappa shape index (κ2) is 5.71. The van der Waals surface area contributed by atoms with Gasteiger partial charge < -0.3 is 10.1 Å². The fourth-order valence-electron chi connectivity index (χ4n) is 4.62. The third-order valence-corrected chi connectivity index (χ3v) is 5.81. The van der Waals surface area contributed by atoms with E-state index >= 15 is 0 Å². The molecule has 2 saturated heterocycles. The summed E-state index contributed by atoms with van der Waals surface area (Å²) in [4.78, 5) is 2.76. The molecular weight excluding hydrogens is 236 g/mol. The molecule has 2 heterocycles. The molecule has 3 rings (SSSR count). The Labute approximate surface area is 118 Å². The van der Waals surface area contributed by atoms with Gasteiger partial charge in [-0.1, -0.05) is 19.8 Å². The van der Waals surface area contributed by atoms with Crippen LogP contribution in [0.5, 0.6) is 0 Å². The Morgan fingerprint density at radius 2 is 2.00 bits per heavy atom. The third-order valence-electron chi connectivity index (χ3n) is 5.81. The van der Waals surface area contributed by atoms with Gasteiger partial charge in [-0.05, 0) is 51.6 Å². The van der Waals surface area contributed by atoms with E-state index in [4.69, 9.17) is 4.74 Å². The van der Waals surface area contributed by atoms with E-state index in [1.54, 1.807) is 0 Å². The molecule has 0 aromatic rings. The minimum atomic E-state index is 0.270. The lowest BCUT2D eigenvalue weighted by Gasteiger charge is -2.46. The molecule has 1 saturated carbocycles. The van der Waals surface area contributed by atoms with E-state index in [2.05, 4.69) is 24.2 Å². The van der Waals surface area contributed by atoms with Gasteiger partial charge in [-0.3, -0.25) is 4.90 Å². The molecule has 1 aliphatic carbocycles. The Bertz CT molecular complexity index is 301. The van der Waals surface area contributed by atoms with Crippen molar-refractivity contribution in [1.82, 2.24) is 10.2 Å². The second-order valence-corrected chi connectivity index (χ2v) is 7.04. The minimum Gasteiger partial charge on any atom is -0.375 e. The number of ether oxygens (including phenoxy) is 1. The van der Waals surface area contributed by atoms with Crippen molar-refractivity contribution in [3.05, 3.63) is 0 Å². The van der Waals surface area contributed by atoms with Gasteiger partial charge in [0, 0.05) is 25.2 Å². The molecular formula is C16H30N2O.